The van der Waals surface area contributed by atoms with E-state index in [1.165, 1.54) is 38.2 Å². The summed E-state index contributed by atoms with van der Waals surface area (Å²) in [6.07, 6.45) is 0. The van der Waals surface area contributed by atoms with Crippen LogP contribution < -0.4 is 20.7 Å². The molecule has 0 N–H and O–H groups in total. The molecule has 0 fully saturated rings. The van der Waals surface area contributed by atoms with E-state index in [1.807, 2.05) is 0 Å². The van der Waals surface area contributed by atoms with E-state index in [0.717, 1.165) is 0 Å². The van der Waals surface area contributed by atoms with E-state index in [9.17, 15) is 0 Å². The quantitative estimate of drug-likeness (QED) is 0.274. The van der Waals surface area contributed by atoms with Gasteiger partial charge in [0.15, 0.2) is 8.07 Å². The summed E-state index contributed by atoms with van der Waals surface area (Å²) in [5, 5.41) is 6.17. The molecule has 0 atom stereocenters. The summed E-state index contributed by atoms with van der Waals surface area (Å²) in [5.41, 5.74) is 10.6. The van der Waals surface area contributed by atoms with E-state index < -0.39 is 16.1 Å². The summed E-state index contributed by atoms with van der Waals surface area (Å²) in [6.45, 7) is 23.6. The maximum Gasteiger partial charge on any atom is 0.159 e. The minimum atomic E-state index is -2.48. The van der Waals surface area contributed by atoms with Crippen molar-refractivity contribution in [3.05, 3.63) is 106 Å². The van der Waals surface area contributed by atoms with Gasteiger partial charge in [-0.1, -0.05) is 119 Å². The highest BCUT2D eigenvalue weighted by Crippen LogP contribution is 2.46. The molecular formula is C33H42Si2. The second-order valence-electron chi connectivity index (χ2n) is 11.9. The lowest BCUT2D eigenvalue weighted by molar-refractivity contribution is 1.09. The number of rotatable bonds is 5. The van der Waals surface area contributed by atoms with Gasteiger partial charge in [-0.05, 0) is 75.2 Å². The van der Waals surface area contributed by atoms with Gasteiger partial charge in [0.2, 0.25) is 0 Å². The van der Waals surface area contributed by atoms with Crippen molar-refractivity contribution in [1.82, 2.24) is 0 Å². The number of aryl methyl sites for hydroxylation is 3. The maximum atomic E-state index is 2.62. The second-order valence-corrected chi connectivity index (χ2v) is 20.9. The Morgan fingerprint density at radius 1 is 0.457 bits per heavy atom. The molecule has 0 heterocycles. The van der Waals surface area contributed by atoms with Crippen LogP contribution in [0.15, 0.2) is 89.0 Å². The van der Waals surface area contributed by atoms with E-state index >= 15 is 0 Å². The highest BCUT2D eigenvalue weighted by Gasteiger charge is 2.50. The Morgan fingerprint density at radius 3 is 1.26 bits per heavy atom. The lowest BCUT2D eigenvalue weighted by Gasteiger charge is -2.42. The van der Waals surface area contributed by atoms with Crippen LogP contribution in [-0.2, 0) is 0 Å². The number of hydrogen-bond acceptors (Lipinski definition) is 0. The van der Waals surface area contributed by atoms with Gasteiger partial charge in [0.25, 0.3) is 0 Å². The van der Waals surface area contributed by atoms with Crippen LogP contribution in [0.4, 0.5) is 0 Å². The summed E-state index contributed by atoms with van der Waals surface area (Å²) in [4.78, 5) is 0. The molecule has 4 rings (SSSR count). The molecule has 35 heavy (non-hydrogen) atoms. The Bertz CT molecular complexity index is 1240. The Hall–Kier alpha value is -2.43. The van der Waals surface area contributed by atoms with Crippen molar-refractivity contribution in [2.45, 2.75) is 73.6 Å². The summed E-state index contributed by atoms with van der Waals surface area (Å²) < 4.78 is 0. The number of benzene rings is 3. The van der Waals surface area contributed by atoms with Gasteiger partial charge in [-0.3, -0.25) is 0 Å². The van der Waals surface area contributed by atoms with E-state index in [4.69, 9.17) is 0 Å². The Kier molecular flexibility index (Phi) is 6.76. The van der Waals surface area contributed by atoms with Gasteiger partial charge in [-0.15, -0.1) is 0 Å². The molecule has 2 heteroatoms. The Balaban J connectivity index is 2.21. The van der Waals surface area contributed by atoms with E-state index in [2.05, 4.69) is 135 Å². The molecular weight excluding hydrogens is 453 g/mol. The molecule has 0 spiro atoms. The highest BCUT2D eigenvalue weighted by molar-refractivity contribution is 7.13. The molecule has 3 aromatic carbocycles. The second kappa shape index (κ2) is 9.22. The summed E-state index contributed by atoms with van der Waals surface area (Å²) in [6, 6.07) is 26.7. The van der Waals surface area contributed by atoms with Gasteiger partial charge in [-0.2, -0.15) is 0 Å². The fraction of sp³-hybridized carbons (Fsp3) is 0.333. The first-order valence-corrected chi connectivity index (χ1v) is 18.6. The SMILES string of the molecule is CC1=C(C)C([Si](c2ccc(C)cc2)(c2ccc(C)cc2)c2cc(C)cc([Si](C)(C)C)c2)C(C)=C1C. The van der Waals surface area contributed by atoms with Crippen LogP contribution in [0.25, 0.3) is 0 Å². The highest BCUT2D eigenvalue weighted by atomic mass is 28.3. The third-order valence-electron chi connectivity index (χ3n) is 8.46. The minimum absolute atomic E-state index is 0.421. The maximum absolute atomic E-state index is 2.62. The molecule has 0 aliphatic heterocycles. The summed E-state index contributed by atoms with van der Waals surface area (Å²) in [5.74, 6) is 0. The van der Waals surface area contributed by atoms with Crippen molar-refractivity contribution in [2.75, 3.05) is 0 Å². The van der Waals surface area contributed by atoms with Crippen molar-refractivity contribution >= 4 is 36.9 Å². The van der Waals surface area contributed by atoms with E-state index in [-0.39, 0.29) is 0 Å². The van der Waals surface area contributed by atoms with Crippen LogP contribution in [0.2, 0.25) is 25.2 Å². The zero-order valence-corrected chi connectivity index (χ0v) is 25.4. The fourth-order valence-corrected chi connectivity index (χ4v) is 13.4. The zero-order valence-electron chi connectivity index (χ0n) is 23.4. The van der Waals surface area contributed by atoms with Gasteiger partial charge in [0, 0.05) is 5.54 Å². The summed E-state index contributed by atoms with van der Waals surface area (Å²) >= 11 is 0. The average Bonchev–Trinajstić information content (AvgIpc) is 2.99. The molecule has 0 radical (unpaired) electrons. The lowest BCUT2D eigenvalue weighted by Crippen LogP contribution is -2.70. The van der Waals surface area contributed by atoms with Crippen LogP contribution in [0.5, 0.6) is 0 Å². The van der Waals surface area contributed by atoms with Crippen molar-refractivity contribution < 1.29 is 0 Å². The standard InChI is InChI=1S/C33H42Si2/c1-22-11-15-29(16-12-22)35(30-17-13-23(2)14-18-30,33-27(6)25(4)26(5)28(33)7)32-20-24(3)19-31(21-32)34(8,9)10/h11-21,33H,1-10H3. The molecule has 0 aromatic heterocycles. The lowest BCUT2D eigenvalue weighted by atomic mass is 10.1. The monoisotopic (exact) mass is 494 g/mol. The van der Waals surface area contributed by atoms with Crippen molar-refractivity contribution in [1.29, 1.82) is 0 Å². The van der Waals surface area contributed by atoms with Crippen LogP contribution in [0.1, 0.15) is 44.4 Å². The molecule has 0 bridgehead atoms. The fourth-order valence-electron chi connectivity index (χ4n) is 6.08. The van der Waals surface area contributed by atoms with Crippen molar-refractivity contribution in [2.24, 2.45) is 0 Å². The Labute approximate surface area is 215 Å². The van der Waals surface area contributed by atoms with E-state index in [0.29, 0.717) is 5.54 Å². The largest absolute Gasteiger partial charge is 0.159 e. The molecule has 0 saturated heterocycles. The minimum Gasteiger partial charge on any atom is -0.0656 e. The predicted octanol–water partition coefficient (Wildman–Crippen LogP) is 6.68. The van der Waals surface area contributed by atoms with Crippen molar-refractivity contribution in [3.8, 4) is 0 Å². The van der Waals surface area contributed by atoms with Gasteiger partial charge in [0.1, 0.15) is 0 Å². The topological polar surface area (TPSA) is 0 Å². The van der Waals surface area contributed by atoms with Crippen LogP contribution in [-0.4, -0.2) is 16.1 Å². The van der Waals surface area contributed by atoms with Gasteiger partial charge in [0.05, 0.1) is 8.07 Å². The summed E-state index contributed by atoms with van der Waals surface area (Å²) in [7, 11) is -3.98. The number of allylic oxidation sites excluding steroid dienone is 4. The number of hydrogen-bond donors (Lipinski definition) is 0. The van der Waals surface area contributed by atoms with Gasteiger partial charge >= 0.3 is 0 Å². The molecule has 0 unspecified atom stereocenters. The first kappa shape index (κ1) is 25.7. The molecule has 182 valence electrons. The first-order valence-electron chi connectivity index (χ1n) is 13.0. The molecule has 1 aliphatic rings. The van der Waals surface area contributed by atoms with Crippen LogP contribution in [0, 0.1) is 20.8 Å². The smallest absolute Gasteiger partial charge is 0.0656 e. The van der Waals surface area contributed by atoms with Crippen molar-refractivity contribution in [3.63, 3.8) is 0 Å². The predicted molar refractivity (Wildman–Crippen MR) is 162 cm³/mol. The van der Waals surface area contributed by atoms with E-state index in [1.54, 1.807) is 21.5 Å². The molecule has 0 amide bonds. The first-order chi connectivity index (χ1) is 16.4. The van der Waals surface area contributed by atoms with Gasteiger partial charge in [-0.25, -0.2) is 0 Å². The molecule has 0 nitrogen and oxygen atoms in total. The Morgan fingerprint density at radius 2 is 0.857 bits per heavy atom. The third-order valence-corrected chi connectivity index (χ3v) is 15.9. The van der Waals surface area contributed by atoms with Gasteiger partial charge < -0.3 is 0 Å². The molecule has 3 aromatic rings. The third kappa shape index (κ3) is 4.36. The molecule has 1 aliphatic carbocycles. The molecule has 0 saturated carbocycles. The normalized spacial score (nSPS) is 15.4. The van der Waals surface area contributed by atoms with Crippen LogP contribution >= 0.6 is 0 Å². The average molecular weight is 495 g/mol. The van der Waals surface area contributed by atoms with Crippen LogP contribution in [0.3, 0.4) is 0 Å². The zero-order chi connectivity index (χ0) is 25.7.